The molecule has 0 radical (unpaired) electrons. The van der Waals surface area contributed by atoms with Crippen LogP contribution in [-0.2, 0) is 0 Å². The van der Waals surface area contributed by atoms with Crippen LogP contribution in [0.15, 0.2) is 18.2 Å². The van der Waals surface area contributed by atoms with E-state index < -0.39 is 0 Å². The van der Waals surface area contributed by atoms with E-state index in [0.29, 0.717) is 11.3 Å². The first kappa shape index (κ1) is 14.6. The van der Waals surface area contributed by atoms with Gasteiger partial charge in [0.1, 0.15) is 0 Å². The maximum Gasteiger partial charge on any atom is 0.0414 e. The van der Waals surface area contributed by atoms with Gasteiger partial charge in [-0.25, -0.2) is 0 Å². The van der Waals surface area contributed by atoms with Crippen molar-refractivity contribution in [3.63, 3.8) is 0 Å². The summed E-state index contributed by atoms with van der Waals surface area (Å²) in [6.07, 6.45) is 0. The lowest BCUT2D eigenvalue weighted by Gasteiger charge is -2.21. The van der Waals surface area contributed by atoms with Gasteiger partial charge in [-0.3, -0.25) is 0 Å². The molecule has 1 aromatic rings. The Bertz CT molecular complexity index is 347. The highest BCUT2D eigenvalue weighted by molar-refractivity contribution is 7.99. The number of rotatable bonds is 6. The van der Waals surface area contributed by atoms with Crippen LogP contribution in [0.3, 0.4) is 0 Å². The number of benzene rings is 1. The van der Waals surface area contributed by atoms with Crippen molar-refractivity contribution in [2.24, 2.45) is 0 Å². The van der Waals surface area contributed by atoms with Crippen LogP contribution in [0.25, 0.3) is 0 Å². The summed E-state index contributed by atoms with van der Waals surface area (Å²) in [7, 11) is 0. The molecule has 0 saturated carbocycles. The van der Waals surface area contributed by atoms with Crippen LogP contribution in [0.5, 0.6) is 0 Å². The number of thioether (sulfide) groups is 1. The van der Waals surface area contributed by atoms with Gasteiger partial charge < -0.3 is 5.32 Å². The molecule has 0 aliphatic rings. The smallest absolute Gasteiger partial charge is 0.0414 e. The predicted octanol–water partition coefficient (Wildman–Crippen LogP) is 4.10. The molecule has 0 aromatic heterocycles. The molecule has 1 atom stereocenters. The number of nitrogens with one attached hydrogen (secondary N) is 1. The quantitative estimate of drug-likeness (QED) is 0.817. The van der Waals surface area contributed by atoms with Gasteiger partial charge in [-0.1, -0.05) is 44.5 Å². The predicted molar refractivity (Wildman–Crippen MR) is 79.9 cm³/mol. The molecule has 0 heterocycles. The second-order valence-corrected chi connectivity index (χ2v) is 6.46. The summed E-state index contributed by atoms with van der Waals surface area (Å²) in [6, 6.07) is 7.23. The minimum Gasteiger partial charge on any atom is -0.310 e. The Labute approximate surface area is 110 Å². The third-order valence-corrected chi connectivity index (χ3v) is 4.05. The van der Waals surface area contributed by atoms with Gasteiger partial charge in [0.15, 0.2) is 0 Å². The van der Waals surface area contributed by atoms with Crippen molar-refractivity contribution in [3.05, 3.63) is 34.9 Å². The number of aryl methyl sites for hydroxylation is 2. The highest BCUT2D eigenvalue weighted by Crippen LogP contribution is 2.24. The largest absolute Gasteiger partial charge is 0.310 e. The Morgan fingerprint density at radius 1 is 1.24 bits per heavy atom. The summed E-state index contributed by atoms with van der Waals surface area (Å²) in [6.45, 7) is 12.1. The van der Waals surface area contributed by atoms with Crippen molar-refractivity contribution in [2.45, 2.75) is 45.9 Å². The average molecular weight is 251 g/mol. The van der Waals surface area contributed by atoms with Crippen LogP contribution in [0.4, 0.5) is 0 Å². The van der Waals surface area contributed by atoms with Gasteiger partial charge in [-0.15, -0.1) is 0 Å². The summed E-state index contributed by atoms with van der Waals surface area (Å²) in [5.41, 5.74) is 4.20. The van der Waals surface area contributed by atoms with E-state index in [0.717, 1.165) is 12.3 Å². The van der Waals surface area contributed by atoms with Crippen molar-refractivity contribution < 1.29 is 0 Å². The second-order valence-electron chi connectivity index (χ2n) is 4.85. The van der Waals surface area contributed by atoms with Gasteiger partial charge in [-0.2, -0.15) is 11.8 Å². The van der Waals surface area contributed by atoms with Crippen LogP contribution < -0.4 is 5.32 Å². The van der Waals surface area contributed by atoms with Crippen molar-refractivity contribution >= 4 is 11.8 Å². The Kier molecular flexibility index (Phi) is 6.07. The number of hydrogen-bond donors (Lipinski definition) is 1. The fourth-order valence-corrected chi connectivity index (χ4v) is 2.80. The Morgan fingerprint density at radius 3 is 2.53 bits per heavy atom. The van der Waals surface area contributed by atoms with E-state index in [1.807, 2.05) is 11.8 Å². The molecule has 1 rings (SSSR count). The molecule has 0 saturated heterocycles. The zero-order valence-corrected chi connectivity index (χ0v) is 12.5. The normalized spacial score (nSPS) is 13.1. The molecule has 0 aliphatic carbocycles. The molecule has 2 heteroatoms. The van der Waals surface area contributed by atoms with Gasteiger partial charge in [0.2, 0.25) is 0 Å². The lowest BCUT2D eigenvalue weighted by atomic mass is 10.00. The summed E-state index contributed by atoms with van der Waals surface area (Å²) >= 11 is 2.03. The first-order valence-corrected chi connectivity index (χ1v) is 7.51. The average Bonchev–Trinajstić information content (AvgIpc) is 2.27. The van der Waals surface area contributed by atoms with Crippen LogP contribution in [0.1, 0.15) is 43.5 Å². The van der Waals surface area contributed by atoms with Gasteiger partial charge in [-0.05, 0) is 36.8 Å². The standard InChI is InChI=1S/C15H25NS/c1-6-16-15(10-17-11(2)3)14-9-12(4)7-8-13(14)5/h7-9,11,15-16H,6,10H2,1-5H3. The molecule has 1 nitrogen and oxygen atoms in total. The zero-order valence-electron chi connectivity index (χ0n) is 11.7. The molecule has 0 aliphatic heterocycles. The first-order chi connectivity index (χ1) is 8.04. The third-order valence-electron chi connectivity index (χ3n) is 2.86. The lowest BCUT2D eigenvalue weighted by Crippen LogP contribution is -2.24. The van der Waals surface area contributed by atoms with E-state index in [9.17, 15) is 0 Å². The minimum atomic E-state index is 0.479. The third kappa shape index (κ3) is 4.72. The first-order valence-electron chi connectivity index (χ1n) is 6.46. The van der Waals surface area contributed by atoms with E-state index in [1.165, 1.54) is 16.7 Å². The monoisotopic (exact) mass is 251 g/mol. The van der Waals surface area contributed by atoms with E-state index in [-0.39, 0.29) is 0 Å². The summed E-state index contributed by atoms with van der Waals surface area (Å²) < 4.78 is 0. The molecule has 0 amide bonds. The van der Waals surface area contributed by atoms with Gasteiger partial charge in [0, 0.05) is 11.8 Å². The summed E-state index contributed by atoms with van der Waals surface area (Å²) in [5, 5.41) is 4.30. The Balaban J connectivity index is 2.84. The van der Waals surface area contributed by atoms with Crippen LogP contribution in [0.2, 0.25) is 0 Å². The molecule has 0 fully saturated rings. The van der Waals surface area contributed by atoms with Gasteiger partial charge >= 0.3 is 0 Å². The van der Waals surface area contributed by atoms with E-state index >= 15 is 0 Å². The highest BCUT2D eigenvalue weighted by atomic mass is 32.2. The van der Waals surface area contributed by atoms with Crippen LogP contribution >= 0.6 is 11.8 Å². The maximum atomic E-state index is 3.60. The molecular weight excluding hydrogens is 226 g/mol. The molecule has 17 heavy (non-hydrogen) atoms. The second kappa shape index (κ2) is 7.07. The van der Waals surface area contributed by atoms with E-state index in [2.05, 4.69) is 58.1 Å². The molecule has 0 bridgehead atoms. The highest BCUT2D eigenvalue weighted by Gasteiger charge is 2.13. The molecule has 1 aromatic carbocycles. The fraction of sp³-hybridized carbons (Fsp3) is 0.600. The van der Waals surface area contributed by atoms with Crippen molar-refractivity contribution in [1.29, 1.82) is 0 Å². The molecule has 0 spiro atoms. The van der Waals surface area contributed by atoms with E-state index in [1.54, 1.807) is 0 Å². The summed E-state index contributed by atoms with van der Waals surface area (Å²) in [4.78, 5) is 0. The molecule has 1 unspecified atom stereocenters. The Hall–Kier alpha value is -0.470. The van der Waals surface area contributed by atoms with Crippen LogP contribution in [-0.4, -0.2) is 17.5 Å². The van der Waals surface area contributed by atoms with Crippen molar-refractivity contribution in [1.82, 2.24) is 5.32 Å². The Morgan fingerprint density at radius 2 is 1.94 bits per heavy atom. The zero-order chi connectivity index (χ0) is 12.8. The summed E-state index contributed by atoms with van der Waals surface area (Å²) in [5.74, 6) is 1.15. The lowest BCUT2D eigenvalue weighted by molar-refractivity contribution is 0.602. The van der Waals surface area contributed by atoms with Crippen LogP contribution in [0, 0.1) is 13.8 Å². The van der Waals surface area contributed by atoms with E-state index in [4.69, 9.17) is 0 Å². The van der Waals surface area contributed by atoms with Crippen molar-refractivity contribution in [2.75, 3.05) is 12.3 Å². The molecule has 96 valence electrons. The number of hydrogen-bond acceptors (Lipinski definition) is 2. The minimum absolute atomic E-state index is 0.479. The SMILES string of the molecule is CCNC(CSC(C)C)c1cc(C)ccc1C. The van der Waals surface area contributed by atoms with Gasteiger partial charge in [0.05, 0.1) is 0 Å². The molecular formula is C15H25NS. The molecule has 1 N–H and O–H groups in total. The van der Waals surface area contributed by atoms with Crippen molar-refractivity contribution in [3.8, 4) is 0 Å². The van der Waals surface area contributed by atoms with Gasteiger partial charge in [0.25, 0.3) is 0 Å². The maximum absolute atomic E-state index is 3.60. The topological polar surface area (TPSA) is 12.0 Å². The fourth-order valence-electron chi connectivity index (χ4n) is 1.93.